The maximum absolute atomic E-state index is 11.7. The van der Waals surface area contributed by atoms with Gasteiger partial charge in [0, 0.05) is 34.0 Å². The number of hydrogen-bond acceptors (Lipinski definition) is 3. The Morgan fingerprint density at radius 2 is 1.88 bits per heavy atom. The zero-order valence-electron chi connectivity index (χ0n) is 13.6. The van der Waals surface area contributed by atoms with Gasteiger partial charge in [-0.25, -0.2) is 9.79 Å². The minimum atomic E-state index is -0.421. The van der Waals surface area contributed by atoms with Crippen molar-refractivity contribution >= 4 is 35.0 Å². The third kappa shape index (κ3) is 4.13. The Kier molecular flexibility index (Phi) is 6.99. The molecule has 0 aliphatic carbocycles. The van der Waals surface area contributed by atoms with Crippen molar-refractivity contribution in [3.8, 4) is 5.75 Å². The Morgan fingerprint density at radius 3 is 2.56 bits per heavy atom. The smallest absolute Gasteiger partial charge is 0.336 e. The van der Waals surface area contributed by atoms with Crippen LogP contribution >= 0.6 is 0 Å². The van der Waals surface area contributed by atoms with E-state index in [1.807, 2.05) is 38.1 Å². The van der Waals surface area contributed by atoms with Crippen molar-refractivity contribution < 1.29 is 31.5 Å². The van der Waals surface area contributed by atoms with E-state index in [-0.39, 0.29) is 27.7 Å². The van der Waals surface area contributed by atoms with Gasteiger partial charge in [0.15, 0.2) is 10.5 Å². The van der Waals surface area contributed by atoms with Gasteiger partial charge in [0.1, 0.15) is 11.3 Å². The van der Waals surface area contributed by atoms with Crippen LogP contribution in [0, 0.1) is 6.92 Å². The average Bonchev–Trinajstić information content (AvgIpc) is 2.48. The molecule has 0 amide bonds. The van der Waals surface area contributed by atoms with Gasteiger partial charge >= 0.3 is 5.63 Å². The van der Waals surface area contributed by atoms with Gasteiger partial charge in [0.2, 0.25) is 0 Å². The quantitative estimate of drug-likeness (QED) is 0.283. The summed E-state index contributed by atoms with van der Waals surface area (Å²) in [4.78, 5) is 17.2. The molecule has 134 valence electrons. The molecule has 4 N–H and O–H groups in total. The van der Waals surface area contributed by atoms with Gasteiger partial charge in [-0.15, -0.1) is 0 Å². The van der Waals surface area contributed by atoms with E-state index in [2.05, 4.69) is 17.6 Å². The molecule has 7 heteroatoms. The molecule has 0 radical (unpaired) electrons. The topological polar surface area (TPSA) is 97.0 Å². The normalized spacial score (nSPS) is 10.9. The van der Waals surface area contributed by atoms with Crippen LogP contribution in [0.15, 0.2) is 61.6 Å². The fraction of sp³-hybridized carbons (Fsp3) is 0.111. The van der Waals surface area contributed by atoms with Crippen molar-refractivity contribution in [3.63, 3.8) is 0 Å². The van der Waals surface area contributed by atoms with Crippen LogP contribution in [0.4, 0.5) is 5.69 Å². The number of fused-ring (bicyclic) bond motifs is 1. The summed E-state index contributed by atoms with van der Waals surface area (Å²) in [5.41, 5.74) is 2.74. The molecule has 0 spiro atoms. The van der Waals surface area contributed by atoms with E-state index < -0.39 is 5.63 Å². The number of aliphatic imine (C=N–C) groups is 1. The second kappa shape index (κ2) is 8.34. The molecule has 3 rings (SSSR count). The number of benzene rings is 2. The maximum Gasteiger partial charge on any atom is 0.336 e. The first-order valence-corrected chi connectivity index (χ1v) is 7.62. The number of rotatable bonds is 2. The van der Waals surface area contributed by atoms with Crippen molar-refractivity contribution in [1.29, 1.82) is 0 Å². The summed E-state index contributed by atoms with van der Waals surface area (Å²) in [6.45, 7) is 3.67. The molecule has 2 aromatic carbocycles. The van der Waals surface area contributed by atoms with E-state index in [0.717, 1.165) is 21.5 Å². The van der Waals surface area contributed by atoms with Crippen molar-refractivity contribution in [2.24, 2.45) is 4.99 Å². The first-order valence-electron chi connectivity index (χ1n) is 7.12. The van der Waals surface area contributed by atoms with Gasteiger partial charge in [-0.05, 0) is 50.2 Å². The van der Waals surface area contributed by atoms with Crippen LogP contribution in [0.25, 0.3) is 11.0 Å². The molecule has 1 aromatic heterocycles. The summed E-state index contributed by atoms with van der Waals surface area (Å²) in [6, 6.07) is 12.5. The van der Waals surface area contributed by atoms with Crippen LogP contribution in [-0.2, 0) is 29.1 Å². The minimum Gasteiger partial charge on any atom is -0.593 e. The summed E-state index contributed by atoms with van der Waals surface area (Å²) in [7, 11) is 0. The molecular weight excluding hydrogens is 385 g/mol. The summed E-state index contributed by atoms with van der Waals surface area (Å²) in [5, 5.41) is 9.01. The van der Waals surface area contributed by atoms with Gasteiger partial charge in [0.25, 0.3) is 5.75 Å². The monoisotopic (exact) mass is 403 g/mol. The molecule has 0 fully saturated rings. The molecule has 25 heavy (non-hydrogen) atoms. The van der Waals surface area contributed by atoms with Crippen molar-refractivity contribution in [2.75, 3.05) is 0 Å². The van der Waals surface area contributed by atoms with Gasteiger partial charge in [-0.1, -0.05) is 12.1 Å². The first-order chi connectivity index (χ1) is 11.0. The van der Waals surface area contributed by atoms with E-state index in [1.165, 1.54) is 6.07 Å². The van der Waals surface area contributed by atoms with E-state index in [9.17, 15) is 4.79 Å². The summed E-state index contributed by atoms with van der Waals surface area (Å²) in [5.74, 6) is 0.277. The number of para-hydroxylation sites is 1. The fourth-order valence-corrected chi connectivity index (χ4v) is 2.79. The Hall–Kier alpha value is -2.08. The van der Waals surface area contributed by atoms with Crippen LogP contribution < -0.4 is 5.63 Å². The van der Waals surface area contributed by atoms with Gasteiger partial charge in [-0.2, -0.15) is 0 Å². The molecule has 0 unspecified atom stereocenters. The number of nitrogens with zero attached hydrogens (tertiary/aromatic N) is 1. The second-order valence-electron chi connectivity index (χ2n) is 5.33. The van der Waals surface area contributed by atoms with Crippen LogP contribution in [-0.4, -0.2) is 16.3 Å². The van der Waals surface area contributed by atoms with E-state index >= 15 is 0 Å². The van der Waals surface area contributed by atoms with Crippen molar-refractivity contribution in [1.82, 2.24) is 0 Å². The molecule has 0 saturated heterocycles. The summed E-state index contributed by atoms with van der Waals surface area (Å²) >= 11 is 3.52. The molecule has 3 aromatic rings. The van der Waals surface area contributed by atoms with Crippen LogP contribution in [0.3, 0.4) is 0 Å². The third-order valence-electron chi connectivity index (χ3n) is 3.67. The zero-order chi connectivity index (χ0) is 16.6. The van der Waals surface area contributed by atoms with Gasteiger partial charge in [0.05, 0.1) is 5.71 Å². The molecular formula is C18H19NNiO4S+2. The maximum atomic E-state index is 11.7. The molecule has 0 saturated carbocycles. The molecule has 0 aliphatic heterocycles. The predicted octanol–water partition coefficient (Wildman–Crippen LogP) is 2.22. The Balaban J connectivity index is 0.00000156. The van der Waals surface area contributed by atoms with Gasteiger partial charge < -0.3 is 15.0 Å². The molecule has 1 heterocycles. The molecule has 5 nitrogen and oxygen atoms in total. The van der Waals surface area contributed by atoms with E-state index in [0.29, 0.717) is 16.9 Å². The van der Waals surface area contributed by atoms with Gasteiger partial charge in [-0.3, -0.25) is 0 Å². The van der Waals surface area contributed by atoms with Crippen molar-refractivity contribution in [3.05, 3.63) is 64.0 Å². The average molecular weight is 404 g/mol. The SMILES string of the molecule is CC(=Nc1ccccc1[SH2+])c1c([OH2+])ccc2c(C)cc(=O)oc12.O.[Ni]. The Bertz CT molecular complexity index is 998. The third-order valence-corrected chi connectivity index (χ3v) is 4.10. The largest absolute Gasteiger partial charge is 0.593 e. The number of hydrogen-bond donors (Lipinski definition) is 0. The Morgan fingerprint density at radius 1 is 1.20 bits per heavy atom. The minimum absolute atomic E-state index is 0. The second-order valence-corrected chi connectivity index (χ2v) is 5.87. The summed E-state index contributed by atoms with van der Waals surface area (Å²) in [6.07, 6.45) is 0. The molecule has 0 atom stereocenters. The Labute approximate surface area is 160 Å². The zero-order valence-corrected chi connectivity index (χ0v) is 15.6. The molecule has 0 bridgehead atoms. The fourth-order valence-electron chi connectivity index (χ4n) is 2.55. The van der Waals surface area contributed by atoms with Crippen LogP contribution in [0.5, 0.6) is 5.75 Å². The molecule has 0 aliphatic rings. The van der Waals surface area contributed by atoms with Crippen LogP contribution in [0.2, 0.25) is 0 Å². The summed E-state index contributed by atoms with van der Waals surface area (Å²) < 4.78 is 5.37. The van der Waals surface area contributed by atoms with E-state index in [4.69, 9.17) is 9.52 Å². The first kappa shape index (κ1) is 21.0. The predicted molar refractivity (Wildman–Crippen MR) is 101 cm³/mol. The van der Waals surface area contributed by atoms with E-state index in [1.54, 1.807) is 12.1 Å². The standard InChI is InChI=1S/C18H15NO3S.Ni.H2O/c1-10-9-16(21)22-18-12(10)7-8-14(20)17(18)11(2)19-13-5-3-4-6-15(13)23;;/h3-9,20,23H,1-2H3;;1H2/p+2. The van der Waals surface area contributed by atoms with Crippen LogP contribution in [0.1, 0.15) is 18.1 Å². The van der Waals surface area contributed by atoms with Crippen molar-refractivity contribution in [2.45, 2.75) is 18.7 Å². The number of aryl methyl sites for hydroxylation is 1.